The maximum Gasteiger partial charge on any atom is 0.290 e. The van der Waals surface area contributed by atoms with Crippen LogP contribution in [0.25, 0.3) is 0 Å². The summed E-state index contributed by atoms with van der Waals surface area (Å²) in [6, 6.07) is 0. The fraction of sp³-hybridized carbons (Fsp3) is 0.500. The molecule has 0 unspecified atom stereocenters. The summed E-state index contributed by atoms with van der Waals surface area (Å²) in [6.07, 6.45) is 1.88. The lowest BCUT2D eigenvalue weighted by Gasteiger charge is -1.98. The van der Waals surface area contributed by atoms with E-state index in [0.29, 0.717) is 4.91 Å². The van der Waals surface area contributed by atoms with Crippen LogP contribution in [-0.2, 0) is 4.79 Å². The number of imide groups is 1. The zero-order valence-corrected chi connectivity index (χ0v) is 7.96. The average Bonchev–Trinajstić information content (AvgIpc) is 2.30. The molecule has 0 aromatic carbocycles. The number of carbonyl (C=O) groups excluding carboxylic acids is 2. The highest BCUT2D eigenvalue weighted by atomic mass is 32.2. The number of allylic oxidation sites excluding steroid dienone is 1. The van der Waals surface area contributed by atoms with Gasteiger partial charge >= 0.3 is 0 Å². The molecule has 1 N–H and O–H groups in total. The summed E-state index contributed by atoms with van der Waals surface area (Å²) >= 11 is 1.00. The first-order valence-electron chi connectivity index (χ1n) is 3.88. The molecule has 12 heavy (non-hydrogen) atoms. The lowest BCUT2D eigenvalue weighted by atomic mass is 10.1. The number of hydrogen-bond acceptors (Lipinski definition) is 3. The molecule has 1 fully saturated rings. The highest BCUT2D eigenvalue weighted by molar-refractivity contribution is 8.18. The van der Waals surface area contributed by atoms with Crippen LogP contribution >= 0.6 is 11.8 Å². The summed E-state index contributed by atoms with van der Waals surface area (Å²) in [5, 5.41) is 1.97. The second kappa shape index (κ2) is 3.76. The van der Waals surface area contributed by atoms with Crippen molar-refractivity contribution in [3.8, 4) is 0 Å². The molecule has 1 rings (SSSR count). The molecule has 1 aliphatic heterocycles. The number of nitrogens with one attached hydrogen (secondary N) is 1. The Labute approximate surface area is 75.6 Å². The maximum atomic E-state index is 11.1. The SMILES string of the molecule is CCC/C(C)=C1\SC(=O)NC1=O. The molecule has 0 radical (unpaired) electrons. The van der Waals surface area contributed by atoms with Gasteiger partial charge in [0.2, 0.25) is 0 Å². The Bertz CT molecular complexity index is 258. The second-order valence-electron chi connectivity index (χ2n) is 2.70. The summed E-state index contributed by atoms with van der Waals surface area (Å²) in [5.74, 6) is -0.240. The zero-order valence-electron chi connectivity index (χ0n) is 7.14. The summed E-state index contributed by atoms with van der Waals surface area (Å²) in [5.41, 5.74) is 1.01. The van der Waals surface area contributed by atoms with Crippen molar-refractivity contribution in [2.24, 2.45) is 0 Å². The molecule has 0 saturated carbocycles. The van der Waals surface area contributed by atoms with Crippen molar-refractivity contribution in [3.05, 3.63) is 10.5 Å². The molecule has 0 aromatic rings. The number of hydrogen-bond donors (Lipinski definition) is 1. The molecule has 66 valence electrons. The maximum absolute atomic E-state index is 11.1. The minimum Gasteiger partial charge on any atom is -0.282 e. The van der Waals surface area contributed by atoms with Crippen molar-refractivity contribution in [2.75, 3.05) is 0 Å². The topological polar surface area (TPSA) is 46.2 Å². The van der Waals surface area contributed by atoms with Crippen molar-refractivity contribution in [1.82, 2.24) is 5.32 Å². The van der Waals surface area contributed by atoms with Crippen LogP contribution in [0.5, 0.6) is 0 Å². The van der Waals surface area contributed by atoms with Crippen LogP contribution in [0.4, 0.5) is 4.79 Å². The van der Waals surface area contributed by atoms with E-state index in [4.69, 9.17) is 0 Å². The Hall–Kier alpha value is -0.770. The number of rotatable bonds is 2. The van der Waals surface area contributed by atoms with Gasteiger partial charge in [-0.15, -0.1) is 0 Å². The van der Waals surface area contributed by atoms with E-state index in [2.05, 4.69) is 5.32 Å². The number of thioether (sulfide) groups is 1. The minimum atomic E-state index is -0.259. The van der Waals surface area contributed by atoms with Gasteiger partial charge in [0.1, 0.15) is 0 Å². The van der Waals surface area contributed by atoms with E-state index in [1.165, 1.54) is 0 Å². The molecule has 0 aromatic heterocycles. The van der Waals surface area contributed by atoms with Gasteiger partial charge in [-0.1, -0.05) is 18.9 Å². The summed E-state index contributed by atoms with van der Waals surface area (Å²) < 4.78 is 0. The standard InChI is InChI=1S/C8H11NO2S/c1-3-4-5(2)6-7(10)9-8(11)12-6/h3-4H2,1-2H3,(H,9,10,11)/b6-5-. The van der Waals surface area contributed by atoms with Crippen LogP contribution in [-0.4, -0.2) is 11.1 Å². The Balaban J connectivity index is 2.80. The number of carbonyl (C=O) groups is 2. The normalized spacial score (nSPS) is 21.2. The van der Waals surface area contributed by atoms with E-state index < -0.39 is 0 Å². The Morgan fingerprint density at radius 2 is 2.17 bits per heavy atom. The van der Waals surface area contributed by atoms with E-state index in [-0.39, 0.29) is 11.1 Å². The van der Waals surface area contributed by atoms with Gasteiger partial charge in [-0.25, -0.2) is 0 Å². The van der Waals surface area contributed by atoms with Crippen molar-refractivity contribution < 1.29 is 9.59 Å². The molecule has 3 nitrogen and oxygen atoms in total. The molecular weight excluding hydrogens is 174 g/mol. The third-order valence-corrected chi connectivity index (χ3v) is 2.65. The van der Waals surface area contributed by atoms with Crippen molar-refractivity contribution in [2.45, 2.75) is 26.7 Å². The van der Waals surface area contributed by atoms with Crippen LogP contribution < -0.4 is 5.32 Å². The van der Waals surface area contributed by atoms with Crippen LogP contribution in [0, 0.1) is 0 Å². The second-order valence-corrected chi connectivity index (χ2v) is 3.69. The first kappa shape index (κ1) is 9.32. The molecule has 0 atom stereocenters. The van der Waals surface area contributed by atoms with Crippen LogP contribution in [0.1, 0.15) is 26.7 Å². The Morgan fingerprint density at radius 1 is 1.50 bits per heavy atom. The van der Waals surface area contributed by atoms with Crippen LogP contribution in [0.15, 0.2) is 10.5 Å². The molecule has 2 amide bonds. The van der Waals surface area contributed by atoms with Crippen LogP contribution in [0.2, 0.25) is 0 Å². The number of amides is 2. The molecule has 1 saturated heterocycles. The smallest absolute Gasteiger partial charge is 0.282 e. The lowest BCUT2D eigenvalue weighted by Crippen LogP contribution is -2.18. The van der Waals surface area contributed by atoms with E-state index in [1.54, 1.807) is 0 Å². The summed E-state index contributed by atoms with van der Waals surface area (Å²) in [4.78, 5) is 22.4. The lowest BCUT2D eigenvalue weighted by molar-refractivity contribution is -0.115. The molecule has 0 spiro atoms. The molecule has 4 heteroatoms. The Kier molecular flexibility index (Phi) is 2.92. The van der Waals surface area contributed by atoms with Gasteiger partial charge in [0.25, 0.3) is 11.1 Å². The molecule has 1 aliphatic rings. The Morgan fingerprint density at radius 3 is 2.58 bits per heavy atom. The fourth-order valence-electron chi connectivity index (χ4n) is 1.08. The quantitative estimate of drug-likeness (QED) is 0.670. The van der Waals surface area contributed by atoms with Gasteiger partial charge in [0, 0.05) is 0 Å². The largest absolute Gasteiger partial charge is 0.290 e. The molecule has 0 bridgehead atoms. The predicted octanol–water partition coefficient (Wildman–Crippen LogP) is 2.04. The summed E-state index contributed by atoms with van der Waals surface area (Å²) in [6.45, 7) is 3.94. The van der Waals surface area contributed by atoms with Gasteiger partial charge in [0.05, 0.1) is 4.91 Å². The van der Waals surface area contributed by atoms with Crippen molar-refractivity contribution >= 4 is 22.9 Å². The molecular formula is C8H11NO2S. The van der Waals surface area contributed by atoms with Gasteiger partial charge in [-0.2, -0.15) is 0 Å². The van der Waals surface area contributed by atoms with E-state index in [1.807, 2.05) is 13.8 Å². The van der Waals surface area contributed by atoms with Gasteiger partial charge < -0.3 is 0 Å². The third kappa shape index (κ3) is 1.88. The fourth-order valence-corrected chi connectivity index (χ4v) is 1.83. The predicted molar refractivity (Wildman–Crippen MR) is 48.7 cm³/mol. The van der Waals surface area contributed by atoms with Crippen molar-refractivity contribution in [1.29, 1.82) is 0 Å². The molecule has 0 aliphatic carbocycles. The first-order chi connectivity index (χ1) is 5.65. The highest BCUT2D eigenvalue weighted by Crippen LogP contribution is 2.27. The van der Waals surface area contributed by atoms with Crippen molar-refractivity contribution in [3.63, 3.8) is 0 Å². The van der Waals surface area contributed by atoms with Gasteiger partial charge in [0.15, 0.2) is 0 Å². The first-order valence-corrected chi connectivity index (χ1v) is 4.69. The third-order valence-electron chi connectivity index (χ3n) is 1.63. The van der Waals surface area contributed by atoms with Crippen LogP contribution in [0.3, 0.4) is 0 Å². The van der Waals surface area contributed by atoms with E-state index in [9.17, 15) is 9.59 Å². The van der Waals surface area contributed by atoms with E-state index in [0.717, 1.165) is 30.2 Å². The minimum absolute atomic E-state index is 0.240. The summed E-state index contributed by atoms with van der Waals surface area (Å²) in [7, 11) is 0. The zero-order chi connectivity index (χ0) is 9.14. The van der Waals surface area contributed by atoms with Gasteiger partial charge in [-0.3, -0.25) is 14.9 Å². The monoisotopic (exact) mass is 185 g/mol. The highest BCUT2D eigenvalue weighted by Gasteiger charge is 2.26. The molecule has 1 heterocycles. The van der Waals surface area contributed by atoms with Gasteiger partial charge in [-0.05, 0) is 25.1 Å². The average molecular weight is 185 g/mol. The van der Waals surface area contributed by atoms with E-state index >= 15 is 0 Å².